The number of aliphatic hydroxyl groups is 1. The van der Waals surface area contributed by atoms with Crippen molar-refractivity contribution in [2.45, 2.75) is 5.75 Å². The van der Waals surface area contributed by atoms with Crippen LogP contribution in [0, 0.1) is 5.82 Å². The van der Waals surface area contributed by atoms with Gasteiger partial charge in [-0.25, -0.2) is 4.39 Å². The third-order valence-electron chi connectivity index (χ3n) is 1.57. The van der Waals surface area contributed by atoms with Gasteiger partial charge >= 0.3 is 0 Å². The van der Waals surface area contributed by atoms with E-state index in [0.29, 0.717) is 22.8 Å². The molecule has 0 unspecified atom stereocenters. The lowest BCUT2D eigenvalue weighted by Crippen LogP contribution is -1.93. The molecule has 0 atom stereocenters. The van der Waals surface area contributed by atoms with E-state index in [2.05, 4.69) is 0 Å². The highest BCUT2D eigenvalue weighted by Crippen LogP contribution is 2.17. The Morgan fingerprint density at radius 1 is 1.46 bits per heavy atom. The topological polar surface area (TPSA) is 46.2 Å². The average molecular weight is 201 g/mol. The minimum Gasteiger partial charge on any atom is -0.399 e. The first kappa shape index (κ1) is 10.3. The third-order valence-corrected chi connectivity index (χ3v) is 2.56. The minimum atomic E-state index is -0.273. The molecule has 1 aromatic rings. The monoisotopic (exact) mass is 201 g/mol. The maximum absolute atomic E-state index is 13.1. The van der Waals surface area contributed by atoms with E-state index in [1.165, 1.54) is 17.8 Å². The maximum atomic E-state index is 13.1. The van der Waals surface area contributed by atoms with Crippen LogP contribution in [0.4, 0.5) is 10.1 Å². The number of nitrogens with two attached hydrogens (primary N) is 1. The van der Waals surface area contributed by atoms with Crippen molar-refractivity contribution in [3.8, 4) is 0 Å². The van der Waals surface area contributed by atoms with Gasteiger partial charge in [-0.1, -0.05) is 6.07 Å². The lowest BCUT2D eigenvalue weighted by molar-refractivity contribution is 0.322. The molecule has 13 heavy (non-hydrogen) atoms. The largest absolute Gasteiger partial charge is 0.399 e. The van der Waals surface area contributed by atoms with Crippen molar-refractivity contribution in [1.82, 2.24) is 0 Å². The molecule has 2 nitrogen and oxygen atoms in total. The lowest BCUT2D eigenvalue weighted by Gasteiger charge is -2.02. The normalized spacial score (nSPS) is 10.3. The van der Waals surface area contributed by atoms with Crippen molar-refractivity contribution in [2.24, 2.45) is 0 Å². The molecule has 0 spiro atoms. The average Bonchev–Trinajstić information content (AvgIpc) is 2.09. The van der Waals surface area contributed by atoms with E-state index in [4.69, 9.17) is 10.8 Å². The number of benzene rings is 1. The van der Waals surface area contributed by atoms with E-state index < -0.39 is 0 Å². The summed E-state index contributed by atoms with van der Waals surface area (Å²) in [5.41, 5.74) is 6.47. The quantitative estimate of drug-likeness (QED) is 0.575. The van der Waals surface area contributed by atoms with Crippen molar-refractivity contribution in [2.75, 3.05) is 18.1 Å². The first-order valence-electron chi connectivity index (χ1n) is 3.96. The molecule has 0 radical (unpaired) electrons. The van der Waals surface area contributed by atoms with E-state index in [-0.39, 0.29) is 12.4 Å². The van der Waals surface area contributed by atoms with Crippen LogP contribution in [0.3, 0.4) is 0 Å². The summed E-state index contributed by atoms with van der Waals surface area (Å²) in [4.78, 5) is 0. The van der Waals surface area contributed by atoms with Crippen LogP contribution in [-0.4, -0.2) is 17.5 Å². The SMILES string of the molecule is Nc1ccc(CSCCO)c(F)c1. The molecule has 4 heteroatoms. The van der Waals surface area contributed by atoms with Crippen LogP contribution in [0.2, 0.25) is 0 Å². The Kier molecular flexibility index (Phi) is 4.05. The zero-order valence-corrected chi connectivity index (χ0v) is 7.98. The zero-order valence-electron chi connectivity index (χ0n) is 7.16. The van der Waals surface area contributed by atoms with Gasteiger partial charge < -0.3 is 10.8 Å². The summed E-state index contributed by atoms with van der Waals surface area (Å²) in [6.45, 7) is 0.126. The number of nitrogen functional groups attached to an aromatic ring is 1. The first-order valence-corrected chi connectivity index (χ1v) is 5.12. The van der Waals surface area contributed by atoms with E-state index in [0.717, 1.165) is 0 Å². The summed E-state index contributed by atoms with van der Waals surface area (Å²) in [5.74, 6) is 0.932. The highest BCUT2D eigenvalue weighted by molar-refractivity contribution is 7.98. The van der Waals surface area contributed by atoms with Crippen molar-refractivity contribution in [3.63, 3.8) is 0 Å². The molecule has 0 amide bonds. The number of hydrogen-bond acceptors (Lipinski definition) is 3. The van der Waals surface area contributed by atoms with E-state index in [1.807, 2.05) is 0 Å². The van der Waals surface area contributed by atoms with Crippen LogP contribution in [0.25, 0.3) is 0 Å². The molecule has 0 aliphatic carbocycles. The van der Waals surface area contributed by atoms with Crippen LogP contribution in [-0.2, 0) is 5.75 Å². The molecule has 3 N–H and O–H groups in total. The zero-order chi connectivity index (χ0) is 9.68. The van der Waals surface area contributed by atoms with Crippen molar-refractivity contribution in [1.29, 1.82) is 0 Å². The van der Waals surface area contributed by atoms with Crippen molar-refractivity contribution < 1.29 is 9.50 Å². The van der Waals surface area contributed by atoms with Gasteiger partial charge in [0.2, 0.25) is 0 Å². The predicted molar refractivity (Wildman–Crippen MR) is 54.1 cm³/mol. The number of rotatable bonds is 4. The predicted octanol–water partition coefficient (Wildman–Crippen LogP) is 1.63. The molecule has 0 fully saturated rings. The second kappa shape index (κ2) is 5.09. The number of hydrogen-bond donors (Lipinski definition) is 2. The summed E-state index contributed by atoms with van der Waals surface area (Å²) < 4.78 is 13.1. The Bertz CT molecular complexity index is 280. The van der Waals surface area contributed by atoms with Gasteiger partial charge in [-0.15, -0.1) is 0 Å². The molecule has 0 saturated heterocycles. The van der Waals surface area contributed by atoms with Gasteiger partial charge in [-0.05, 0) is 17.7 Å². The molecular weight excluding hydrogens is 189 g/mol. The Morgan fingerprint density at radius 3 is 2.85 bits per heavy atom. The van der Waals surface area contributed by atoms with E-state index >= 15 is 0 Å². The van der Waals surface area contributed by atoms with Crippen LogP contribution < -0.4 is 5.73 Å². The number of thioether (sulfide) groups is 1. The third kappa shape index (κ3) is 3.24. The first-order chi connectivity index (χ1) is 6.24. The lowest BCUT2D eigenvalue weighted by atomic mass is 10.2. The standard InChI is InChI=1S/C9H12FNOS/c10-9-5-8(11)2-1-7(9)6-13-4-3-12/h1-2,5,12H,3-4,6,11H2. The summed E-state index contributed by atoms with van der Waals surface area (Å²) in [6.07, 6.45) is 0. The molecule has 1 aromatic carbocycles. The Morgan fingerprint density at radius 2 is 2.23 bits per heavy atom. The Labute approximate surface area is 80.9 Å². The van der Waals surface area contributed by atoms with Gasteiger partial charge in [-0.2, -0.15) is 11.8 Å². The molecule has 0 aromatic heterocycles. The van der Waals surface area contributed by atoms with Gasteiger partial charge in [0.15, 0.2) is 0 Å². The van der Waals surface area contributed by atoms with Crippen LogP contribution in [0.5, 0.6) is 0 Å². The van der Waals surface area contributed by atoms with Crippen molar-refractivity contribution in [3.05, 3.63) is 29.6 Å². The van der Waals surface area contributed by atoms with E-state index in [9.17, 15) is 4.39 Å². The molecule has 0 saturated carbocycles. The fraction of sp³-hybridized carbons (Fsp3) is 0.333. The summed E-state index contributed by atoms with van der Waals surface area (Å²) in [6, 6.07) is 4.67. The molecule has 1 rings (SSSR count). The van der Waals surface area contributed by atoms with Gasteiger partial charge in [-0.3, -0.25) is 0 Å². The second-order valence-corrected chi connectivity index (χ2v) is 3.73. The van der Waals surface area contributed by atoms with Crippen molar-refractivity contribution >= 4 is 17.4 Å². The molecule has 0 bridgehead atoms. The van der Waals surface area contributed by atoms with E-state index in [1.54, 1.807) is 12.1 Å². The fourth-order valence-corrected chi connectivity index (χ4v) is 1.65. The smallest absolute Gasteiger partial charge is 0.129 e. The highest BCUT2D eigenvalue weighted by atomic mass is 32.2. The highest BCUT2D eigenvalue weighted by Gasteiger charge is 2.01. The fourth-order valence-electron chi connectivity index (χ4n) is 0.927. The van der Waals surface area contributed by atoms with Gasteiger partial charge in [0.1, 0.15) is 5.82 Å². The molecular formula is C9H12FNOS. The number of aliphatic hydroxyl groups excluding tert-OH is 1. The number of anilines is 1. The molecule has 0 aliphatic heterocycles. The summed E-state index contributed by atoms with van der Waals surface area (Å²) in [7, 11) is 0. The maximum Gasteiger partial charge on any atom is 0.129 e. The Balaban J connectivity index is 2.56. The molecule has 72 valence electrons. The van der Waals surface area contributed by atoms with Gasteiger partial charge in [0, 0.05) is 17.2 Å². The van der Waals surface area contributed by atoms with Gasteiger partial charge in [0.05, 0.1) is 6.61 Å². The van der Waals surface area contributed by atoms with Crippen LogP contribution in [0.1, 0.15) is 5.56 Å². The summed E-state index contributed by atoms with van der Waals surface area (Å²) in [5, 5.41) is 8.52. The summed E-state index contributed by atoms with van der Waals surface area (Å²) >= 11 is 1.50. The Hall–Kier alpha value is -0.740. The van der Waals surface area contributed by atoms with Crippen LogP contribution >= 0.6 is 11.8 Å². The molecule has 0 aliphatic rings. The van der Waals surface area contributed by atoms with Crippen LogP contribution in [0.15, 0.2) is 18.2 Å². The van der Waals surface area contributed by atoms with Gasteiger partial charge in [0.25, 0.3) is 0 Å². The second-order valence-electron chi connectivity index (χ2n) is 2.63. The number of halogens is 1. The molecule has 0 heterocycles. The minimum absolute atomic E-state index is 0.126.